The van der Waals surface area contributed by atoms with Crippen LogP contribution in [-0.4, -0.2) is 11.0 Å². The fourth-order valence-electron chi connectivity index (χ4n) is 2.41. The van der Waals surface area contributed by atoms with Crippen LogP contribution in [0, 0.1) is 13.8 Å². The van der Waals surface area contributed by atoms with E-state index in [1.54, 1.807) is 6.20 Å². The molecule has 2 heterocycles. The van der Waals surface area contributed by atoms with Crippen LogP contribution in [0.2, 0.25) is 0 Å². The Labute approximate surface area is 132 Å². The molecule has 3 aromatic rings. The maximum atomic E-state index is 12.0. The lowest BCUT2D eigenvalue weighted by Crippen LogP contribution is -2.31. The van der Waals surface area contributed by atoms with Crippen molar-refractivity contribution >= 4 is 33.5 Å². The summed E-state index contributed by atoms with van der Waals surface area (Å²) < 4.78 is 5.86. The molecule has 0 bridgehead atoms. The Morgan fingerprint density at radius 2 is 2.09 bits per heavy atom. The second kappa shape index (κ2) is 5.81. The molecule has 1 aromatic carbocycles. The van der Waals surface area contributed by atoms with Gasteiger partial charge in [0.15, 0.2) is 5.13 Å². The maximum Gasteiger partial charge on any atom is 0.321 e. The van der Waals surface area contributed by atoms with Gasteiger partial charge in [-0.1, -0.05) is 18.2 Å². The zero-order valence-electron chi connectivity index (χ0n) is 12.6. The number of rotatable bonds is 3. The summed E-state index contributed by atoms with van der Waals surface area (Å²) in [6.45, 7) is 5.85. The van der Waals surface area contributed by atoms with E-state index < -0.39 is 0 Å². The second-order valence-electron chi connectivity index (χ2n) is 5.18. The number of aromatic nitrogens is 1. The van der Waals surface area contributed by atoms with Gasteiger partial charge in [0.1, 0.15) is 11.3 Å². The van der Waals surface area contributed by atoms with Crippen LogP contribution in [0.15, 0.2) is 34.9 Å². The Bertz CT molecular complexity index is 822. The van der Waals surface area contributed by atoms with E-state index in [0.717, 1.165) is 27.2 Å². The molecule has 0 aliphatic carbocycles. The Hall–Kier alpha value is -2.34. The molecule has 5 nitrogen and oxygen atoms in total. The lowest BCUT2D eigenvalue weighted by Gasteiger charge is -2.12. The number of amides is 2. The Kier molecular flexibility index (Phi) is 3.85. The number of thiazole rings is 1. The first-order chi connectivity index (χ1) is 10.5. The van der Waals surface area contributed by atoms with Gasteiger partial charge in [0.25, 0.3) is 0 Å². The van der Waals surface area contributed by atoms with Crippen molar-refractivity contribution in [3.8, 4) is 0 Å². The second-order valence-corrected chi connectivity index (χ2v) is 6.42. The van der Waals surface area contributed by atoms with Gasteiger partial charge in [-0.25, -0.2) is 9.78 Å². The number of urea groups is 1. The van der Waals surface area contributed by atoms with Crippen molar-refractivity contribution in [1.82, 2.24) is 10.3 Å². The molecule has 2 amide bonds. The normalized spacial score (nSPS) is 12.3. The number of hydrogen-bond acceptors (Lipinski definition) is 4. The zero-order chi connectivity index (χ0) is 15.7. The summed E-state index contributed by atoms with van der Waals surface area (Å²) in [4.78, 5) is 17.2. The highest BCUT2D eigenvalue weighted by Crippen LogP contribution is 2.29. The van der Waals surface area contributed by atoms with E-state index in [1.165, 1.54) is 11.3 Å². The van der Waals surface area contributed by atoms with E-state index >= 15 is 0 Å². The molecule has 0 saturated heterocycles. The van der Waals surface area contributed by atoms with E-state index in [2.05, 4.69) is 15.6 Å². The van der Waals surface area contributed by atoms with Crippen LogP contribution >= 0.6 is 11.3 Å². The first-order valence-electron chi connectivity index (χ1n) is 7.02. The summed E-state index contributed by atoms with van der Waals surface area (Å²) in [5, 5.41) is 7.27. The number of aryl methyl sites for hydroxylation is 2. The summed E-state index contributed by atoms with van der Waals surface area (Å²) in [5.41, 5.74) is 1.88. The van der Waals surface area contributed by atoms with E-state index in [9.17, 15) is 4.79 Å². The Balaban J connectivity index is 1.74. The fraction of sp³-hybridized carbons (Fsp3) is 0.250. The van der Waals surface area contributed by atoms with Crippen molar-refractivity contribution in [1.29, 1.82) is 0 Å². The number of para-hydroxylation sites is 1. The summed E-state index contributed by atoms with van der Waals surface area (Å²) in [6, 6.07) is 7.34. The van der Waals surface area contributed by atoms with E-state index in [0.29, 0.717) is 5.13 Å². The molecular formula is C16H17N3O2S. The molecule has 0 unspecified atom stereocenters. The molecular weight excluding hydrogens is 298 g/mol. The molecule has 0 aliphatic rings. The topological polar surface area (TPSA) is 67.2 Å². The highest BCUT2D eigenvalue weighted by Gasteiger charge is 2.18. The number of fused-ring (bicyclic) bond motifs is 1. The minimum absolute atomic E-state index is 0.228. The van der Waals surface area contributed by atoms with Crippen LogP contribution in [0.4, 0.5) is 9.93 Å². The standard InChI is InChI=1S/C16H17N3O2S/c1-9-8-17-16(22-9)19-15(20)18-11(3)14-10(2)12-6-4-5-7-13(12)21-14/h4-8,11H,1-3H3,(H2,17,18,19,20)/t11-/m1/s1. The third-order valence-electron chi connectivity index (χ3n) is 3.46. The maximum absolute atomic E-state index is 12.0. The average molecular weight is 315 g/mol. The summed E-state index contributed by atoms with van der Waals surface area (Å²) in [5.74, 6) is 0.770. The van der Waals surface area contributed by atoms with Crippen molar-refractivity contribution in [3.63, 3.8) is 0 Å². The van der Waals surface area contributed by atoms with Gasteiger partial charge in [0.2, 0.25) is 0 Å². The van der Waals surface area contributed by atoms with Gasteiger partial charge < -0.3 is 9.73 Å². The fourth-order valence-corrected chi connectivity index (χ4v) is 3.07. The van der Waals surface area contributed by atoms with Crippen LogP contribution in [0.25, 0.3) is 11.0 Å². The van der Waals surface area contributed by atoms with Gasteiger partial charge in [0, 0.05) is 22.0 Å². The molecule has 0 saturated carbocycles. The summed E-state index contributed by atoms with van der Waals surface area (Å²) >= 11 is 1.44. The SMILES string of the molecule is Cc1cnc(NC(=O)N[C@H](C)c2oc3ccccc3c2C)s1. The zero-order valence-corrected chi connectivity index (χ0v) is 13.5. The van der Waals surface area contributed by atoms with E-state index in [-0.39, 0.29) is 12.1 Å². The van der Waals surface area contributed by atoms with Gasteiger partial charge in [-0.3, -0.25) is 5.32 Å². The van der Waals surface area contributed by atoms with Gasteiger partial charge in [0.05, 0.1) is 6.04 Å². The number of furan rings is 1. The Morgan fingerprint density at radius 3 is 2.77 bits per heavy atom. The molecule has 0 spiro atoms. The molecule has 2 aromatic heterocycles. The number of nitrogens with zero attached hydrogens (tertiary/aromatic N) is 1. The number of benzene rings is 1. The molecule has 0 radical (unpaired) electrons. The average Bonchev–Trinajstić information content (AvgIpc) is 3.03. The van der Waals surface area contributed by atoms with Crippen LogP contribution in [-0.2, 0) is 0 Å². The van der Waals surface area contributed by atoms with Crippen molar-refractivity contribution in [2.45, 2.75) is 26.8 Å². The first kappa shape index (κ1) is 14.6. The molecule has 0 fully saturated rings. The highest BCUT2D eigenvalue weighted by atomic mass is 32.1. The molecule has 6 heteroatoms. The molecule has 1 atom stereocenters. The lowest BCUT2D eigenvalue weighted by atomic mass is 10.1. The minimum Gasteiger partial charge on any atom is -0.459 e. The number of anilines is 1. The summed E-state index contributed by atoms with van der Waals surface area (Å²) in [7, 11) is 0. The van der Waals surface area contributed by atoms with Crippen molar-refractivity contribution in [2.75, 3.05) is 5.32 Å². The van der Waals surface area contributed by atoms with Crippen LogP contribution in [0.5, 0.6) is 0 Å². The lowest BCUT2D eigenvalue weighted by molar-refractivity contribution is 0.248. The van der Waals surface area contributed by atoms with Gasteiger partial charge in [-0.2, -0.15) is 0 Å². The van der Waals surface area contributed by atoms with Gasteiger partial charge in [-0.15, -0.1) is 11.3 Å². The number of nitrogens with one attached hydrogen (secondary N) is 2. The van der Waals surface area contributed by atoms with Gasteiger partial charge >= 0.3 is 6.03 Å². The van der Waals surface area contributed by atoms with Crippen LogP contribution < -0.4 is 10.6 Å². The monoisotopic (exact) mass is 315 g/mol. The predicted molar refractivity (Wildman–Crippen MR) is 88.4 cm³/mol. The smallest absolute Gasteiger partial charge is 0.321 e. The molecule has 3 rings (SSSR count). The molecule has 0 aliphatic heterocycles. The van der Waals surface area contributed by atoms with Crippen molar-refractivity contribution in [3.05, 3.63) is 46.7 Å². The first-order valence-corrected chi connectivity index (χ1v) is 7.84. The molecule has 22 heavy (non-hydrogen) atoms. The minimum atomic E-state index is -0.290. The molecule has 114 valence electrons. The third-order valence-corrected chi connectivity index (χ3v) is 4.29. The van der Waals surface area contributed by atoms with Crippen molar-refractivity contribution < 1.29 is 9.21 Å². The van der Waals surface area contributed by atoms with E-state index in [1.807, 2.05) is 45.0 Å². The largest absolute Gasteiger partial charge is 0.459 e. The van der Waals surface area contributed by atoms with Crippen LogP contribution in [0.3, 0.4) is 0 Å². The van der Waals surface area contributed by atoms with Gasteiger partial charge in [-0.05, 0) is 26.8 Å². The summed E-state index contributed by atoms with van der Waals surface area (Å²) in [6.07, 6.45) is 1.73. The predicted octanol–water partition coefficient (Wildman–Crippen LogP) is 4.39. The molecule has 2 N–H and O–H groups in total. The van der Waals surface area contributed by atoms with E-state index in [4.69, 9.17) is 4.42 Å². The van der Waals surface area contributed by atoms with Crippen LogP contribution in [0.1, 0.15) is 29.2 Å². The number of carbonyl (C=O) groups excluding carboxylic acids is 1. The van der Waals surface area contributed by atoms with Crippen molar-refractivity contribution in [2.24, 2.45) is 0 Å². The Morgan fingerprint density at radius 1 is 1.32 bits per heavy atom. The quantitative estimate of drug-likeness (QED) is 0.753. The third kappa shape index (κ3) is 2.82. The number of hydrogen-bond donors (Lipinski definition) is 2. The highest BCUT2D eigenvalue weighted by molar-refractivity contribution is 7.15. The number of carbonyl (C=O) groups is 1.